The number of likely N-dealkylation sites (tertiary alicyclic amines) is 1. The summed E-state index contributed by atoms with van der Waals surface area (Å²) in [7, 11) is 0. The molecule has 3 heterocycles. The van der Waals surface area contributed by atoms with Crippen LogP contribution in [0.3, 0.4) is 0 Å². The summed E-state index contributed by atoms with van der Waals surface area (Å²) in [6.45, 7) is 6.82. The zero-order chi connectivity index (χ0) is 18.6. The fourth-order valence-corrected chi connectivity index (χ4v) is 4.78. The molecule has 0 bridgehead atoms. The van der Waals surface area contributed by atoms with Gasteiger partial charge in [0.2, 0.25) is 0 Å². The van der Waals surface area contributed by atoms with E-state index in [4.69, 9.17) is 16.3 Å². The van der Waals surface area contributed by atoms with E-state index < -0.39 is 5.60 Å². The molecule has 2 aliphatic rings. The lowest BCUT2D eigenvalue weighted by atomic mass is 10.2. The Bertz CT molecular complexity index is 879. The van der Waals surface area contributed by atoms with Crippen molar-refractivity contribution < 1.29 is 14.3 Å². The number of hydrogen-bond acceptors (Lipinski definition) is 5. The Morgan fingerprint density at radius 1 is 1.35 bits per heavy atom. The van der Waals surface area contributed by atoms with Gasteiger partial charge in [0.05, 0.1) is 20.1 Å². The van der Waals surface area contributed by atoms with Gasteiger partial charge in [-0.25, -0.2) is 4.79 Å². The number of fused-ring (bicyclic) bond motifs is 2. The lowest BCUT2D eigenvalue weighted by Crippen LogP contribution is -2.39. The number of alkyl carbamates (subject to hydrolysis) is 1. The van der Waals surface area contributed by atoms with Gasteiger partial charge in [0.25, 0.3) is 5.91 Å². The van der Waals surface area contributed by atoms with Crippen molar-refractivity contribution in [3.63, 3.8) is 0 Å². The molecule has 0 spiro atoms. The molecule has 4 rings (SSSR count). The maximum absolute atomic E-state index is 12.8. The lowest BCUT2D eigenvalue weighted by molar-refractivity contribution is 0.0513. The predicted octanol–water partition coefficient (Wildman–Crippen LogP) is 3.54. The Labute approximate surface area is 160 Å². The van der Waals surface area contributed by atoms with Crippen molar-refractivity contribution in [2.75, 3.05) is 13.1 Å². The van der Waals surface area contributed by atoms with Crippen LogP contribution in [0.15, 0.2) is 18.3 Å². The number of rotatable bonds is 2. The summed E-state index contributed by atoms with van der Waals surface area (Å²) in [5.41, 5.74) is 0.242. The summed E-state index contributed by atoms with van der Waals surface area (Å²) in [4.78, 5) is 31.4. The number of ether oxygens (including phenoxy) is 1. The molecule has 2 fully saturated rings. The quantitative estimate of drug-likeness (QED) is 0.847. The van der Waals surface area contributed by atoms with Crippen LogP contribution in [-0.4, -0.2) is 46.6 Å². The number of carbonyl (C=O) groups is 2. The molecular formula is C18H20ClN3O3S. The molecule has 2 atom stereocenters. The summed E-state index contributed by atoms with van der Waals surface area (Å²) in [6, 6.07) is 3.63. The first-order valence-corrected chi connectivity index (χ1v) is 9.75. The van der Waals surface area contributed by atoms with Crippen LogP contribution in [0, 0.1) is 11.8 Å². The highest BCUT2D eigenvalue weighted by Gasteiger charge is 2.57. The first kappa shape index (κ1) is 17.5. The monoisotopic (exact) mass is 393 g/mol. The maximum Gasteiger partial charge on any atom is 0.407 e. The van der Waals surface area contributed by atoms with Crippen molar-refractivity contribution >= 4 is 45.2 Å². The molecule has 0 aromatic carbocycles. The van der Waals surface area contributed by atoms with Crippen molar-refractivity contribution in [2.24, 2.45) is 11.8 Å². The van der Waals surface area contributed by atoms with Crippen LogP contribution < -0.4 is 5.32 Å². The minimum atomic E-state index is -0.507. The molecule has 1 saturated heterocycles. The molecule has 0 radical (unpaired) electrons. The summed E-state index contributed by atoms with van der Waals surface area (Å²) >= 11 is 7.55. The molecule has 138 valence electrons. The van der Waals surface area contributed by atoms with Gasteiger partial charge in [0, 0.05) is 37.2 Å². The third kappa shape index (κ3) is 3.25. The molecule has 1 aliphatic carbocycles. The van der Waals surface area contributed by atoms with E-state index in [-0.39, 0.29) is 18.0 Å². The van der Waals surface area contributed by atoms with Gasteiger partial charge in [-0.3, -0.25) is 9.78 Å². The molecule has 1 aliphatic heterocycles. The van der Waals surface area contributed by atoms with Crippen LogP contribution >= 0.6 is 22.9 Å². The molecule has 2 aromatic heterocycles. The van der Waals surface area contributed by atoms with E-state index in [0.717, 1.165) is 10.2 Å². The van der Waals surface area contributed by atoms with E-state index in [0.29, 0.717) is 34.8 Å². The predicted molar refractivity (Wildman–Crippen MR) is 101 cm³/mol. The van der Waals surface area contributed by atoms with Gasteiger partial charge in [-0.05, 0) is 32.9 Å². The summed E-state index contributed by atoms with van der Waals surface area (Å²) < 4.78 is 6.13. The summed E-state index contributed by atoms with van der Waals surface area (Å²) in [6.07, 6.45) is 1.25. The number of piperidine rings is 1. The second-order valence-electron chi connectivity index (χ2n) is 7.83. The molecule has 2 aromatic rings. The first-order valence-electron chi connectivity index (χ1n) is 8.56. The number of nitrogens with one attached hydrogen (secondary N) is 1. The molecule has 1 N–H and O–H groups in total. The minimum Gasteiger partial charge on any atom is -0.444 e. The zero-order valence-corrected chi connectivity index (χ0v) is 16.4. The Balaban J connectivity index is 1.37. The molecular weight excluding hydrogens is 374 g/mol. The molecule has 2 unspecified atom stereocenters. The van der Waals surface area contributed by atoms with Gasteiger partial charge in [0.15, 0.2) is 0 Å². The van der Waals surface area contributed by atoms with E-state index in [1.807, 2.05) is 25.7 Å². The average molecular weight is 394 g/mol. The van der Waals surface area contributed by atoms with E-state index in [2.05, 4.69) is 10.3 Å². The Morgan fingerprint density at radius 2 is 2.04 bits per heavy atom. The van der Waals surface area contributed by atoms with Crippen molar-refractivity contribution in [3.8, 4) is 0 Å². The van der Waals surface area contributed by atoms with Gasteiger partial charge < -0.3 is 15.0 Å². The minimum absolute atomic E-state index is 0.00675. The third-order valence-electron chi connectivity index (χ3n) is 4.74. The zero-order valence-electron chi connectivity index (χ0n) is 14.8. The number of aromatic nitrogens is 1. The fourth-order valence-electron chi connectivity index (χ4n) is 3.52. The van der Waals surface area contributed by atoms with E-state index in [1.54, 1.807) is 18.3 Å². The molecule has 2 amide bonds. The molecule has 8 heteroatoms. The number of thiophene rings is 1. The number of carbonyl (C=O) groups excluding carboxylic acids is 2. The van der Waals surface area contributed by atoms with Crippen molar-refractivity contribution in [3.05, 3.63) is 28.2 Å². The SMILES string of the molecule is CC(C)(C)OC(=O)NC1C2CN(C(=O)c3cc4nccc(Cl)c4s3)CC21. The van der Waals surface area contributed by atoms with Gasteiger partial charge in [0.1, 0.15) is 5.60 Å². The highest BCUT2D eigenvalue weighted by Crippen LogP contribution is 2.46. The summed E-state index contributed by atoms with van der Waals surface area (Å²) in [5, 5.41) is 3.53. The normalized spacial score (nSPS) is 24.5. The van der Waals surface area contributed by atoms with Gasteiger partial charge >= 0.3 is 6.09 Å². The van der Waals surface area contributed by atoms with Gasteiger partial charge in [-0.2, -0.15) is 0 Å². The topological polar surface area (TPSA) is 71.5 Å². The second-order valence-corrected chi connectivity index (χ2v) is 9.29. The van der Waals surface area contributed by atoms with Crippen LogP contribution in [0.25, 0.3) is 10.2 Å². The molecule has 6 nitrogen and oxygen atoms in total. The van der Waals surface area contributed by atoms with Crippen LogP contribution in [0.2, 0.25) is 5.02 Å². The Kier molecular flexibility index (Phi) is 4.11. The lowest BCUT2D eigenvalue weighted by Gasteiger charge is -2.22. The van der Waals surface area contributed by atoms with Crippen LogP contribution in [0.4, 0.5) is 4.79 Å². The van der Waals surface area contributed by atoms with Crippen molar-refractivity contribution in [1.29, 1.82) is 0 Å². The molecule has 26 heavy (non-hydrogen) atoms. The largest absolute Gasteiger partial charge is 0.444 e. The number of nitrogens with zero attached hydrogens (tertiary/aromatic N) is 2. The average Bonchev–Trinajstić information content (AvgIpc) is 2.95. The number of pyridine rings is 1. The highest BCUT2D eigenvalue weighted by atomic mass is 35.5. The van der Waals surface area contributed by atoms with Crippen molar-refractivity contribution in [1.82, 2.24) is 15.2 Å². The van der Waals surface area contributed by atoms with Crippen LogP contribution in [0.5, 0.6) is 0 Å². The number of amides is 2. The van der Waals surface area contributed by atoms with Crippen molar-refractivity contribution in [2.45, 2.75) is 32.4 Å². The standard InChI is InChI=1S/C18H20ClN3O3S/c1-18(2,3)25-17(24)21-14-9-7-22(8-10(9)14)16(23)13-6-12-15(26-13)11(19)4-5-20-12/h4-6,9-10,14H,7-8H2,1-3H3,(H,21,24). The van der Waals surface area contributed by atoms with E-state index >= 15 is 0 Å². The third-order valence-corrected chi connectivity index (χ3v) is 6.31. The van der Waals surface area contributed by atoms with Gasteiger partial charge in [-0.15, -0.1) is 11.3 Å². The number of hydrogen-bond donors (Lipinski definition) is 1. The first-order chi connectivity index (χ1) is 12.2. The Morgan fingerprint density at radius 3 is 2.65 bits per heavy atom. The second kappa shape index (κ2) is 6.09. The van der Waals surface area contributed by atoms with Gasteiger partial charge in [-0.1, -0.05) is 11.6 Å². The summed E-state index contributed by atoms with van der Waals surface area (Å²) in [5.74, 6) is 0.623. The fraction of sp³-hybridized carbons (Fsp3) is 0.500. The van der Waals surface area contributed by atoms with E-state index in [1.165, 1.54) is 11.3 Å². The Hall–Kier alpha value is -1.86. The van der Waals surface area contributed by atoms with Crippen LogP contribution in [-0.2, 0) is 4.74 Å². The smallest absolute Gasteiger partial charge is 0.407 e. The number of halogens is 1. The molecule has 1 saturated carbocycles. The van der Waals surface area contributed by atoms with E-state index in [9.17, 15) is 9.59 Å². The highest BCUT2D eigenvalue weighted by molar-refractivity contribution is 7.21. The maximum atomic E-state index is 12.8. The van der Waals surface area contributed by atoms with Crippen LogP contribution in [0.1, 0.15) is 30.4 Å².